The third-order valence-electron chi connectivity index (χ3n) is 1.66. The molecule has 0 fully saturated rings. The summed E-state index contributed by atoms with van der Waals surface area (Å²) in [5, 5.41) is 18.1. The van der Waals surface area contributed by atoms with E-state index in [2.05, 4.69) is 22.6 Å². The van der Waals surface area contributed by atoms with E-state index < -0.39 is 18.2 Å². The molecule has 22 heavy (non-hydrogen) atoms. The first kappa shape index (κ1) is 24.6. The van der Waals surface area contributed by atoms with Gasteiger partial charge in [0, 0.05) is 12.2 Å². The van der Waals surface area contributed by atoms with Gasteiger partial charge in [0.15, 0.2) is 6.29 Å². The molecule has 0 radical (unpaired) electrons. The summed E-state index contributed by atoms with van der Waals surface area (Å²) in [4.78, 5) is 29.9. The summed E-state index contributed by atoms with van der Waals surface area (Å²) in [7, 11) is 0. The second-order valence-corrected chi connectivity index (χ2v) is 3.46. The van der Waals surface area contributed by atoms with Crippen LogP contribution < -0.4 is 5.11 Å². The predicted octanol–water partition coefficient (Wildman–Crippen LogP) is 0.492. The number of aliphatic hydroxyl groups is 1. The van der Waals surface area contributed by atoms with Crippen molar-refractivity contribution in [1.29, 1.82) is 0 Å². The summed E-state index contributed by atoms with van der Waals surface area (Å²) in [5.74, 6) is -2.06. The Morgan fingerprint density at radius 1 is 1.23 bits per heavy atom. The number of carbonyl (C=O) groups excluding carboxylic acids is 3. The Labute approximate surface area is 130 Å². The molecule has 0 aromatic heterocycles. The van der Waals surface area contributed by atoms with E-state index in [1.54, 1.807) is 13.8 Å². The number of esters is 2. The summed E-state index contributed by atoms with van der Waals surface area (Å²) >= 11 is 0. The molecule has 0 heterocycles. The lowest BCUT2D eigenvalue weighted by atomic mass is 10.3. The van der Waals surface area contributed by atoms with Gasteiger partial charge in [0.25, 0.3) is 0 Å². The number of aliphatic hydroxyl groups excluding tert-OH is 1. The molecule has 0 aromatic carbocycles. The van der Waals surface area contributed by atoms with Gasteiger partial charge < -0.3 is 24.5 Å². The Morgan fingerprint density at radius 2 is 1.68 bits per heavy atom. The molecule has 1 unspecified atom stereocenters. The van der Waals surface area contributed by atoms with Gasteiger partial charge in [-0.1, -0.05) is 19.2 Å². The number of ether oxygens (including phenoxy) is 2. The minimum atomic E-state index is -1.09. The first-order valence-electron chi connectivity index (χ1n) is 6.30. The highest BCUT2D eigenvalue weighted by Gasteiger charge is 1.97. The maximum atomic E-state index is 10.1. The van der Waals surface area contributed by atoms with E-state index in [0.29, 0.717) is 6.61 Å². The van der Waals surface area contributed by atoms with Gasteiger partial charge in [-0.05, 0) is 33.3 Å². The van der Waals surface area contributed by atoms with Crippen LogP contribution in [0.1, 0.15) is 27.7 Å². The zero-order chi connectivity index (χ0) is 18.1. The second kappa shape index (κ2) is 16.6. The van der Waals surface area contributed by atoms with Crippen molar-refractivity contribution in [1.82, 2.24) is 0 Å². The second-order valence-electron chi connectivity index (χ2n) is 3.46. The van der Waals surface area contributed by atoms with Crippen LogP contribution in [0.5, 0.6) is 0 Å². The first-order valence-corrected chi connectivity index (χ1v) is 6.30. The Kier molecular flexibility index (Phi) is 18.6. The Balaban J connectivity index is -0.000000247. The third-order valence-corrected chi connectivity index (χ3v) is 1.66. The molecule has 0 aliphatic heterocycles. The molecule has 1 N–H and O–H groups in total. The number of carbonyl (C=O) groups is 3. The fraction of sp³-hybridized carbons (Fsp3) is 0.400. The largest absolute Gasteiger partial charge is 0.545 e. The number of carboxylic acid groups (broad SMARTS) is 1. The monoisotopic (exact) mass is 315 g/mol. The Morgan fingerprint density at radius 3 is 1.77 bits per heavy atom. The molecule has 0 saturated carbocycles. The van der Waals surface area contributed by atoms with Crippen molar-refractivity contribution in [2.45, 2.75) is 34.0 Å². The van der Waals surface area contributed by atoms with Crippen molar-refractivity contribution >= 4 is 17.9 Å². The normalized spacial score (nSPS) is 10.5. The summed E-state index contributed by atoms with van der Waals surface area (Å²) in [6, 6.07) is 0. The van der Waals surface area contributed by atoms with Crippen LogP contribution in [0.2, 0.25) is 0 Å². The molecule has 0 aliphatic rings. The molecule has 0 spiro atoms. The van der Waals surface area contributed by atoms with Crippen LogP contribution in [0.15, 0.2) is 37.0 Å². The number of rotatable bonds is 5. The maximum Gasteiger partial charge on any atom is 0.332 e. The summed E-state index contributed by atoms with van der Waals surface area (Å²) in [6.07, 6.45) is 2.59. The highest BCUT2D eigenvalue weighted by atomic mass is 16.6. The molecular weight excluding hydrogens is 292 g/mol. The van der Waals surface area contributed by atoms with Crippen molar-refractivity contribution in [2.24, 2.45) is 0 Å². The SMILES string of the molecule is C/C=C(\C)C(=O)[O-].C=CC(=O)OC(C)O.C=CC(=O)OCC. The fourth-order valence-electron chi connectivity index (χ4n) is 0.535. The average Bonchev–Trinajstić information content (AvgIpc) is 2.46. The van der Waals surface area contributed by atoms with Gasteiger partial charge in [0.05, 0.1) is 12.6 Å². The van der Waals surface area contributed by atoms with E-state index in [1.807, 2.05) is 0 Å². The molecule has 0 amide bonds. The summed E-state index contributed by atoms with van der Waals surface area (Å²) in [6.45, 7) is 13.0. The quantitative estimate of drug-likeness (QED) is 0.446. The van der Waals surface area contributed by atoms with E-state index in [0.717, 1.165) is 12.2 Å². The highest BCUT2D eigenvalue weighted by molar-refractivity contribution is 5.83. The lowest BCUT2D eigenvalue weighted by molar-refractivity contribution is -0.299. The van der Waals surface area contributed by atoms with E-state index in [4.69, 9.17) is 5.11 Å². The van der Waals surface area contributed by atoms with Crippen LogP contribution in [-0.2, 0) is 23.9 Å². The Hall–Kier alpha value is -2.41. The fourth-order valence-corrected chi connectivity index (χ4v) is 0.535. The van der Waals surface area contributed by atoms with Crippen LogP contribution in [0, 0.1) is 0 Å². The van der Waals surface area contributed by atoms with Crippen LogP contribution in [0.25, 0.3) is 0 Å². The van der Waals surface area contributed by atoms with Crippen LogP contribution >= 0.6 is 0 Å². The molecule has 0 bridgehead atoms. The lowest BCUT2D eigenvalue weighted by Gasteiger charge is -2.01. The minimum absolute atomic E-state index is 0.278. The lowest BCUT2D eigenvalue weighted by Crippen LogP contribution is -2.22. The molecule has 7 heteroatoms. The van der Waals surface area contributed by atoms with Crippen molar-refractivity contribution < 1.29 is 34.1 Å². The van der Waals surface area contributed by atoms with Crippen molar-refractivity contribution in [3.63, 3.8) is 0 Å². The minimum Gasteiger partial charge on any atom is -0.545 e. The van der Waals surface area contributed by atoms with Gasteiger partial charge in [0.1, 0.15) is 0 Å². The van der Waals surface area contributed by atoms with Crippen molar-refractivity contribution in [3.8, 4) is 0 Å². The predicted molar refractivity (Wildman–Crippen MR) is 79.2 cm³/mol. The Bertz CT molecular complexity index is 395. The summed E-state index contributed by atoms with van der Waals surface area (Å²) in [5.41, 5.74) is 0.278. The molecule has 126 valence electrons. The molecule has 1 atom stereocenters. The van der Waals surface area contributed by atoms with Crippen LogP contribution in [-0.4, -0.2) is 35.9 Å². The average molecular weight is 315 g/mol. The van der Waals surface area contributed by atoms with E-state index in [1.165, 1.54) is 19.9 Å². The number of hydrogen-bond acceptors (Lipinski definition) is 7. The number of hydrogen-bond donors (Lipinski definition) is 1. The van der Waals surface area contributed by atoms with Crippen LogP contribution in [0.4, 0.5) is 0 Å². The summed E-state index contributed by atoms with van der Waals surface area (Å²) < 4.78 is 8.63. The standard InChI is InChI=1S/C5H8O3.2C5H8O2/c1-3-5(7)8-4(2)6;1-3-5(6)7-4-2;1-3-4(2)5(6)7/h3-4,6H,1H2,2H3;3H,1,4H2,2H3;3H,1-2H3,(H,6,7)/p-1/b;;4-3+. The number of aliphatic carboxylic acids is 1. The molecule has 0 saturated heterocycles. The molecular formula is C15H23O7-. The smallest absolute Gasteiger partial charge is 0.332 e. The third kappa shape index (κ3) is 22.7. The molecule has 7 nitrogen and oxygen atoms in total. The first-order chi connectivity index (χ1) is 10.2. The molecule has 0 aromatic rings. The van der Waals surface area contributed by atoms with Gasteiger partial charge in [-0.25, -0.2) is 9.59 Å². The van der Waals surface area contributed by atoms with Gasteiger partial charge in [-0.3, -0.25) is 0 Å². The van der Waals surface area contributed by atoms with E-state index in [-0.39, 0.29) is 11.5 Å². The van der Waals surface area contributed by atoms with Gasteiger partial charge in [-0.2, -0.15) is 0 Å². The van der Waals surface area contributed by atoms with Crippen molar-refractivity contribution in [3.05, 3.63) is 37.0 Å². The number of carboxylic acids is 1. The maximum absolute atomic E-state index is 10.1. The zero-order valence-corrected chi connectivity index (χ0v) is 13.3. The van der Waals surface area contributed by atoms with Gasteiger partial charge >= 0.3 is 11.9 Å². The van der Waals surface area contributed by atoms with Gasteiger partial charge in [-0.15, -0.1) is 0 Å². The molecule has 0 rings (SSSR count). The topological polar surface area (TPSA) is 113 Å². The zero-order valence-electron chi connectivity index (χ0n) is 13.3. The van der Waals surface area contributed by atoms with Crippen LogP contribution in [0.3, 0.4) is 0 Å². The van der Waals surface area contributed by atoms with Gasteiger partial charge in [0.2, 0.25) is 0 Å². The highest BCUT2D eigenvalue weighted by Crippen LogP contribution is 1.85. The van der Waals surface area contributed by atoms with Crippen molar-refractivity contribution in [2.75, 3.05) is 6.61 Å². The molecule has 0 aliphatic carbocycles. The van der Waals surface area contributed by atoms with E-state index in [9.17, 15) is 19.5 Å². The van der Waals surface area contributed by atoms with E-state index >= 15 is 0 Å². The number of allylic oxidation sites excluding steroid dienone is 1.